The van der Waals surface area contributed by atoms with Crippen LogP contribution in [0.4, 0.5) is 11.5 Å². The predicted octanol–water partition coefficient (Wildman–Crippen LogP) is 1.93. The fourth-order valence-electron chi connectivity index (χ4n) is 2.63. The highest BCUT2D eigenvalue weighted by Gasteiger charge is 2.25. The summed E-state index contributed by atoms with van der Waals surface area (Å²) in [6.07, 6.45) is 3.69. The van der Waals surface area contributed by atoms with Gasteiger partial charge in [-0.3, -0.25) is 0 Å². The lowest BCUT2D eigenvalue weighted by molar-refractivity contribution is 0.161. The third-order valence-electron chi connectivity index (χ3n) is 4.04. The SMILES string of the molecule is COCC1CCN(c2ccc(N)c(OCC3CC3)n2)C1. The zero-order chi connectivity index (χ0) is 13.9. The minimum Gasteiger partial charge on any atom is -0.476 e. The van der Waals surface area contributed by atoms with E-state index in [1.54, 1.807) is 7.11 Å². The molecule has 1 saturated carbocycles. The number of rotatable bonds is 6. The van der Waals surface area contributed by atoms with Crippen molar-refractivity contribution in [1.29, 1.82) is 0 Å². The van der Waals surface area contributed by atoms with Crippen LogP contribution >= 0.6 is 0 Å². The van der Waals surface area contributed by atoms with Gasteiger partial charge < -0.3 is 20.1 Å². The van der Waals surface area contributed by atoms with E-state index >= 15 is 0 Å². The lowest BCUT2D eigenvalue weighted by atomic mass is 10.1. The number of aromatic nitrogens is 1. The van der Waals surface area contributed by atoms with E-state index in [0.717, 1.165) is 38.5 Å². The maximum atomic E-state index is 5.94. The van der Waals surface area contributed by atoms with Crippen LogP contribution in [0.1, 0.15) is 19.3 Å². The number of nitrogen functional groups attached to an aromatic ring is 1. The summed E-state index contributed by atoms with van der Waals surface area (Å²) in [6.45, 7) is 3.57. The molecule has 0 aromatic carbocycles. The number of nitrogens with zero attached hydrogens (tertiary/aromatic N) is 2. The van der Waals surface area contributed by atoms with Crippen LogP contribution < -0.4 is 15.4 Å². The molecule has 0 radical (unpaired) electrons. The fraction of sp³-hybridized carbons (Fsp3) is 0.667. The van der Waals surface area contributed by atoms with Crippen molar-refractivity contribution in [3.63, 3.8) is 0 Å². The zero-order valence-electron chi connectivity index (χ0n) is 12.0. The molecule has 5 nitrogen and oxygen atoms in total. The summed E-state index contributed by atoms with van der Waals surface area (Å²) in [5.41, 5.74) is 6.57. The summed E-state index contributed by atoms with van der Waals surface area (Å²) in [7, 11) is 1.76. The second-order valence-electron chi connectivity index (χ2n) is 5.87. The van der Waals surface area contributed by atoms with Crippen molar-refractivity contribution in [2.24, 2.45) is 11.8 Å². The van der Waals surface area contributed by atoms with Gasteiger partial charge in [0.1, 0.15) is 5.82 Å². The van der Waals surface area contributed by atoms with Gasteiger partial charge in [0.05, 0.1) is 18.9 Å². The second-order valence-corrected chi connectivity index (χ2v) is 5.87. The highest BCUT2D eigenvalue weighted by molar-refractivity contribution is 5.55. The van der Waals surface area contributed by atoms with Crippen LogP contribution in [-0.2, 0) is 4.74 Å². The largest absolute Gasteiger partial charge is 0.476 e. The van der Waals surface area contributed by atoms with Crippen LogP contribution in [0.25, 0.3) is 0 Å². The van der Waals surface area contributed by atoms with Gasteiger partial charge in [-0.15, -0.1) is 0 Å². The Morgan fingerprint density at radius 1 is 1.25 bits per heavy atom. The average Bonchev–Trinajstić information content (AvgIpc) is 3.16. The van der Waals surface area contributed by atoms with Gasteiger partial charge in [0.15, 0.2) is 0 Å². The molecule has 2 fully saturated rings. The number of hydrogen-bond acceptors (Lipinski definition) is 5. The van der Waals surface area contributed by atoms with Gasteiger partial charge in [-0.05, 0) is 37.3 Å². The molecule has 2 N–H and O–H groups in total. The summed E-state index contributed by atoms with van der Waals surface area (Å²) in [5.74, 6) is 2.85. The molecule has 1 aliphatic heterocycles. The van der Waals surface area contributed by atoms with Crippen molar-refractivity contribution in [3.05, 3.63) is 12.1 Å². The first kappa shape index (κ1) is 13.5. The normalized spacial score (nSPS) is 22.2. The van der Waals surface area contributed by atoms with Crippen molar-refractivity contribution in [3.8, 4) is 5.88 Å². The van der Waals surface area contributed by atoms with Gasteiger partial charge in [0.25, 0.3) is 0 Å². The van der Waals surface area contributed by atoms with E-state index in [2.05, 4.69) is 9.88 Å². The smallest absolute Gasteiger partial charge is 0.239 e. The van der Waals surface area contributed by atoms with Crippen molar-refractivity contribution < 1.29 is 9.47 Å². The van der Waals surface area contributed by atoms with Crippen molar-refractivity contribution in [2.75, 3.05) is 44.0 Å². The van der Waals surface area contributed by atoms with Crippen LogP contribution in [0.2, 0.25) is 0 Å². The Bertz CT molecular complexity index is 462. The molecular weight excluding hydrogens is 254 g/mol. The zero-order valence-corrected chi connectivity index (χ0v) is 12.0. The lowest BCUT2D eigenvalue weighted by Gasteiger charge is -2.19. The monoisotopic (exact) mass is 277 g/mol. The Hall–Kier alpha value is -1.49. The van der Waals surface area contributed by atoms with Crippen molar-refractivity contribution in [2.45, 2.75) is 19.3 Å². The van der Waals surface area contributed by atoms with Crippen molar-refractivity contribution >= 4 is 11.5 Å². The van der Waals surface area contributed by atoms with Crippen LogP contribution in [0, 0.1) is 11.8 Å². The van der Waals surface area contributed by atoms with E-state index in [-0.39, 0.29) is 0 Å². The van der Waals surface area contributed by atoms with E-state index in [9.17, 15) is 0 Å². The van der Waals surface area contributed by atoms with Gasteiger partial charge in [0, 0.05) is 26.1 Å². The van der Waals surface area contributed by atoms with E-state index in [1.165, 1.54) is 12.8 Å². The Balaban J connectivity index is 1.65. The molecule has 1 unspecified atom stereocenters. The van der Waals surface area contributed by atoms with Crippen LogP contribution in [-0.4, -0.2) is 38.4 Å². The molecule has 20 heavy (non-hydrogen) atoms. The minimum atomic E-state index is 0.588. The third kappa shape index (κ3) is 3.15. The number of pyridine rings is 1. The summed E-state index contributed by atoms with van der Waals surface area (Å²) in [5, 5.41) is 0. The highest BCUT2D eigenvalue weighted by atomic mass is 16.5. The highest BCUT2D eigenvalue weighted by Crippen LogP contribution is 2.31. The van der Waals surface area contributed by atoms with Gasteiger partial charge in [-0.2, -0.15) is 4.98 Å². The molecule has 0 amide bonds. The first-order chi connectivity index (χ1) is 9.76. The lowest BCUT2D eigenvalue weighted by Crippen LogP contribution is -2.22. The summed E-state index contributed by atoms with van der Waals surface area (Å²) < 4.78 is 11.0. The molecule has 3 rings (SSSR count). The molecule has 1 aliphatic carbocycles. The molecular formula is C15H23N3O2. The standard InChI is InChI=1S/C15H23N3O2/c1-19-9-12-6-7-18(8-12)14-5-4-13(16)15(17-14)20-10-11-2-3-11/h4-5,11-12H,2-3,6-10,16H2,1H3. The van der Waals surface area contributed by atoms with E-state index < -0.39 is 0 Å². The summed E-state index contributed by atoms with van der Waals surface area (Å²) >= 11 is 0. The molecule has 1 aromatic heterocycles. The molecule has 1 aromatic rings. The Morgan fingerprint density at radius 3 is 2.85 bits per heavy atom. The molecule has 1 atom stereocenters. The average molecular weight is 277 g/mol. The second kappa shape index (κ2) is 5.87. The van der Waals surface area contributed by atoms with E-state index in [4.69, 9.17) is 15.2 Å². The van der Waals surface area contributed by atoms with E-state index in [1.807, 2.05) is 12.1 Å². The summed E-state index contributed by atoms with van der Waals surface area (Å²) in [6, 6.07) is 3.88. The number of methoxy groups -OCH3 is 1. The van der Waals surface area contributed by atoms with Gasteiger partial charge in [0.2, 0.25) is 5.88 Å². The van der Waals surface area contributed by atoms with Gasteiger partial charge >= 0.3 is 0 Å². The number of ether oxygens (including phenoxy) is 2. The Labute approximate surface area is 120 Å². The van der Waals surface area contributed by atoms with Crippen LogP contribution in [0.15, 0.2) is 12.1 Å². The fourth-order valence-corrected chi connectivity index (χ4v) is 2.63. The maximum Gasteiger partial charge on any atom is 0.239 e. The molecule has 2 heterocycles. The van der Waals surface area contributed by atoms with Crippen LogP contribution in [0.5, 0.6) is 5.88 Å². The van der Waals surface area contributed by atoms with Crippen LogP contribution in [0.3, 0.4) is 0 Å². The van der Waals surface area contributed by atoms with E-state index in [0.29, 0.717) is 23.4 Å². The predicted molar refractivity (Wildman–Crippen MR) is 79.1 cm³/mol. The third-order valence-corrected chi connectivity index (χ3v) is 4.04. The van der Waals surface area contributed by atoms with Crippen molar-refractivity contribution in [1.82, 2.24) is 4.98 Å². The first-order valence-corrected chi connectivity index (χ1v) is 7.39. The molecule has 0 spiro atoms. The quantitative estimate of drug-likeness (QED) is 0.861. The molecule has 0 bridgehead atoms. The summed E-state index contributed by atoms with van der Waals surface area (Å²) in [4.78, 5) is 6.87. The molecule has 2 aliphatic rings. The number of anilines is 2. The number of nitrogens with two attached hydrogens (primary N) is 1. The molecule has 5 heteroatoms. The Morgan fingerprint density at radius 2 is 2.10 bits per heavy atom. The number of hydrogen-bond donors (Lipinski definition) is 1. The van der Waals surface area contributed by atoms with Gasteiger partial charge in [-0.25, -0.2) is 0 Å². The first-order valence-electron chi connectivity index (χ1n) is 7.39. The molecule has 1 saturated heterocycles. The Kier molecular flexibility index (Phi) is 3.96. The maximum absolute atomic E-state index is 5.94. The minimum absolute atomic E-state index is 0.588. The topological polar surface area (TPSA) is 60.6 Å². The molecule has 110 valence electrons. The van der Waals surface area contributed by atoms with Gasteiger partial charge in [-0.1, -0.05) is 0 Å².